The molecule has 0 bridgehead atoms. The Bertz CT molecular complexity index is 2080. The van der Waals surface area contributed by atoms with E-state index in [4.69, 9.17) is 32.4 Å². The average molecular weight is 861 g/mol. The molecule has 1 N–H and O–H groups in total. The van der Waals surface area contributed by atoms with Gasteiger partial charge in [-0.2, -0.15) is 5.26 Å². The van der Waals surface area contributed by atoms with Gasteiger partial charge in [0.05, 0.1) is 39.9 Å². The summed E-state index contributed by atoms with van der Waals surface area (Å²) >= 11 is 0. The van der Waals surface area contributed by atoms with Crippen LogP contribution in [-0.2, 0) is 28.5 Å². The molecule has 0 spiro atoms. The summed E-state index contributed by atoms with van der Waals surface area (Å²) in [5, 5.41) is 9.26. The maximum Gasteiger partial charge on any atom is 0.330 e. The number of aromatic amines is 1. The Kier molecular flexibility index (Phi) is 15.7. The minimum absolute atomic E-state index is 0.00321. The van der Waals surface area contributed by atoms with Crippen molar-refractivity contribution in [3.63, 3.8) is 0 Å². The van der Waals surface area contributed by atoms with Crippen molar-refractivity contribution < 1.29 is 32.4 Å². The van der Waals surface area contributed by atoms with Gasteiger partial charge in [-0.3, -0.25) is 14.3 Å². The molecule has 324 valence electrons. The SMILES string of the molecule is COc1ccc(C(OCC2OC(n3ccc(=O)[nH]c3=O)[C@@H](O[Si](C)(C)C(C)(C)C)C2OP(OCCC#N)N(C(C)C)C(C)C)(c2ccccc2)c2ccc(OC)cc2)cc1. The molecule has 13 nitrogen and oxygen atoms in total. The number of nitrogens with one attached hydrogen (secondary N) is 1. The number of aromatic nitrogens is 2. The highest BCUT2D eigenvalue weighted by Gasteiger charge is 2.54. The van der Waals surface area contributed by atoms with Crippen LogP contribution in [0.25, 0.3) is 0 Å². The Balaban J connectivity index is 1.73. The third-order valence-electron chi connectivity index (χ3n) is 11.2. The van der Waals surface area contributed by atoms with Crippen LogP contribution >= 0.6 is 8.53 Å². The Hall–Kier alpha value is -4.16. The Morgan fingerprint density at radius 2 is 1.40 bits per heavy atom. The molecule has 1 aromatic heterocycles. The number of benzene rings is 3. The lowest BCUT2D eigenvalue weighted by atomic mass is 9.80. The van der Waals surface area contributed by atoms with E-state index in [9.17, 15) is 14.9 Å². The van der Waals surface area contributed by atoms with Crippen molar-refractivity contribution in [3.8, 4) is 17.6 Å². The van der Waals surface area contributed by atoms with Gasteiger partial charge >= 0.3 is 5.69 Å². The second kappa shape index (κ2) is 20.1. The molecule has 0 radical (unpaired) electrons. The van der Waals surface area contributed by atoms with Crippen molar-refractivity contribution in [2.45, 2.75) is 115 Å². The zero-order valence-corrected chi connectivity index (χ0v) is 38.6. The van der Waals surface area contributed by atoms with Gasteiger partial charge in [0.15, 0.2) is 14.5 Å². The molecule has 1 saturated heterocycles. The molecule has 5 atom stereocenters. The zero-order valence-electron chi connectivity index (χ0n) is 36.7. The molecule has 3 aromatic carbocycles. The molecule has 4 aromatic rings. The summed E-state index contributed by atoms with van der Waals surface area (Å²) in [5.74, 6) is 1.37. The molecule has 5 rings (SSSR count). The smallest absolute Gasteiger partial charge is 0.330 e. The fourth-order valence-electron chi connectivity index (χ4n) is 7.14. The van der Waals surface area contributed by atoms with E-state index < -0.39 is 58.2 Å². The molecule has 1 aliphatic rings. The zero-order chi connectivity index (χ0) is 43.8. The molecule has 0 aliphatic carbocycles. The second-order valence-corrected chi connectivity index (χ2v) is 23.0. The molecular weight excluding hydrogens is 800 g/mol. The fourth-order valence-corrected chi connectivity index (χ4v) is 10.2. The third-order valence-corrected chi connectivity index (χ3v) is 17.8. The van der Waals surface area contributed by atoms with E-state index in [1.165, 1.54) is 16.8 Å². The first-order valence-electron chi connectivity index (χ1n) is 20.4. The van der Waals surface area contributed by atoms with Crippen molar-refractivity contribution in [3.05, 3.63) is 129 Å². The van der Waals surface area contributed by atoms with Crippen molar-refractivity contribution in [1.82, 2.24) is 14.2 Å². The van der Waals surface area contributed by atoms with Crippen molar-refractivity contribution in [1.29, 1.82) is 5.26 Å². The van der Waals surface area contributed by atoms with Gasteiger partial charge in [0.2, 0.25) is 0 Å². The first kappa shape index (κ1) is 46.9. The van der Waals surface area contributed by atoms with Crippen molar-refractivity contribution in [2.24, 2.45) is 0 Å². The Labute approximate surface area is 356 Å². The van der Waals surface area contributed by atoms with E-state index in [2.05, 4.69) is 77.3 Å². The number of H-pyrrole nitrogens is 1. The van der Waals surface area contributed by atoms with Crippen LogP contribution in [0.4, 0.5) is 0 Å². The first-order valence-corrected chi connectivity index (χ1v) is 24.4. The maximum absolute atomic E-state index is 13.6. The highest BCUT2D eigenvalue weighted by molar-refractivity contribution is 7.44. The van der Waals surface area contributed by atoms with Crippen LogP contribution in [0.15, 0.2) is 101 Å². The molecule has 4 unspecified atom stereocenters. The molecule has 60 heavy (non-hydrogen) atoms. The summed E-state index contributed by atoms with van der Waals surface area (Å²) in [7, 11) is -1.20. The van der Waals surface area contributed by atoms with E-state index >= 15 is 0 Å². The number of ether oxygens (including phenoxy) is 4. The first-order chi connectivity index (χ1) is 28.5. The minimum Gasteiger partial charge on any atom is -0.497 e. The molecular formula is C45H61N4O9PSi. The van der Waals surface area contributed by atoms with Gasteiger partial charge in [-0.05, 0) is 86.8 Å². The quantitative estimate of drug-likeness (QED) is 0.0419. The predicted octanol–water partition coefficient (Wildman–Crippen LogP) is 8.51. The van der Waals surface area contributed by atoms with Crippen LogP contribution < -0.4 is 20.7 Å². The normalized spacial score (nSPS) is 19.1. The fraction of sp³-hybridized carbons (Fsp3) is 0.489. The Morgan fingerprint density at radius 3 is 1.88 bits per heavy atom. The summed E-state index contributed by atoms with van der Waals surface area (Å²) in [6.07, 6.45) is -2.01. The Morgan fingerprint density at radius 1 is 0.850 bits per heavy atom. The molecule has 0 saturated carbocycles. The monoisotopic (exact) mass is 860 g/mol. The molecule has 2 heterocycles. The van der Waals surface area contributed by atoms with Crippen molar-refractivity contribution in [2.75, 3.05) is 27.4 Å². The summed E-state index contributed by atoms with van der Waals surface area (Å²) in [6.45, 7) is 19.1. The molecule has 1 aliphatic heterocycles. The van der Waals surface area contributed by atoms with Gasteiger partial charge in [-0.25, -0.2) is 9.46 Å². The second-order valence-electron chi connectivity index (χ2n) is 16.9. The topological polar surface area (TPSA) is 147 Å². The van der Waals surface area contributed by atoms with Crippen LogP contribution in [0.1, 0.15) is 77.8 Å². The molecule has 1 fully saturated rings. The predicted molar refractivity (Wildman–Crippen MR) is 236 cm³/mol. The van der Waals surface area contributed by atoms with E-state index in [-0.39, 0.29) is 36.8 Å². The lowest BCUT2D eigenvalue weighted by Crippen LogP contribution is -2.50. The number of rotatable bonds is 19. The van der Waals surface area contributed by atoms with Crippen molar-refractivity contribution >= 4 is 16.8 Å². The number of hydrogen-bond acceptors (Lipinski definition) is 11. The van der Waals surface area contributed by atoms with Gasteiger partial charge in [0, 0.05) is 24.3 Å². The number of nitriles is 1. The van der Waals surface area contributed by atoms with Gasteiger partial charge in [0.1, 0.15) is 35.4 Å². The van der Waals surface area contributed by atoms with Crippen LogP contribution in [0.2, 0.25) is 18.1 Å². The third kappa shape index (κ3) is 10.5. The van der Waals surface area contributed by atoms with E-state index in [0.717, 1.165) is 16.7 Å². The van der Waals surface area contributed by atoms with Crippen LogP contribution in [0.5, 0.6) is 11.5 Å². The largest absolute Gasteiger partial charge is 0.497 e. The lowest BCUT2D eigenvalue weighted by molar-refractivity contribution is -0.0943. The minimum atomic E-state index is -2.64. The number of methoxy groups -OCH3 is 2. The van der Waals surface area contributed by atoms with E-state index in [1.807, 2.05) is 78.9 Å². The average Bonchev–Trinajstić information content (AvgIpc) is 3.53. The summed E-state index contributed by atoms with van der Waals surface area (Å²) in [6, 6.07) is 29.0. The van der Waals surface area contributed by atoms with Gasteiger partial charge in [0.25, 0.3) is 14.1 Å². The molecule has 0 amide bonds. The number of hydrogen-bond donors (Lipinski definition) is 1. The van der Waals surface area contributed by atoms with Crippen LogP contribution in [0.3, 0.4) is 0 Å². The summed E-state index contributed by atoms with van der Waals surface area (Å²) in [4.78, 5) is 28.4. The lowest BCUT2D eigenvalue weighted by Gasteiger charge is -2.42. The van der Waals surface area contributed by atoms with E-state index in [0.29, 0.717) is 11.5 Å². The number of nitrogens with zero attached hydrogens (tertiary/aromatic N) is 3. The highest BCUT2D eigenvalue weighted by atomic mass is 31.2. The highest BCUT2D eigenvalue weighted by Crippen LogP contribution is 2.52. The maximum atomic E-state index is 13.6. The van der Waals surface area contributed by atoms with Crippen LogP contribution in [0, 0.1) is 11.3 Å². The summed E-state index contributed by atoms with van der Waals surface area (Å²) in [5.41, 5.74) is 0.119. The summed E-state index contributed by atoms with van der Waals surface area (Å²) < 4.78 is 50.0. The van der Waals surface area contributed by atoms with Gasteiger partial charge in [-0.15, -0.1) is 0 Å². The van der Waals surface area contributed by atoms with Gasteiger partial charge < -0.3 is 32.4 Å². The van der Waals surface area contributed by atoms with E-state index in [1.54, 1.807) is 14.2 Å². The van der Waals surface area contributed by atoms with Crippen LogP contribution in [-0.4, -0.2) is 80.4 Å². The molecule has 15 heteroatoms. The van der Waals surface area contributed by atoms with Gasteiger partial charge in [-0.1, -0.05) is 75.4 Å². The standard InChI is InChI=1S/C45H61N4O9PSi/c1-31(2)49(32(3)4)59(55-29-15-27-46)57-40-38(56-42(48-28-26-39(50)47-43(48)51)41(40)58-60(10,11)44(5,6)7)30-54-45(33-16-13-12-14-17-33,34-18-22-36(52-8)23-19-34)35-20-24-37(53-9)25-21-35/h12-14,16-26,28,31-32,38,40-42H,15,29-30H2,1-11H3,(H,47,50,51)/t38?,40?,41-,42?,59?/m0/s1.